The van der Waals surface area contributed by atoms with Gasteiger partial charge < -0.3 is 0 Å². The van der Waals surface area contributed by atoms with Crippen molar-refractivity contribution in [3.8, 4) is 0 Å². The molecule has 1 atom stereocenters. The standard InChI is InChI=1S/C16H20/c1-11(2)8-14-6-7-15-9-12-4-3-5-13(12)10-16(14)15/h6-7,9-11,14H,3-5,8H2,1-2H3. The second-order valence-corrected chi connectivity index (χ2v) is 5.70. The number of hydrogen-bond acceptors (Lipinski definition) is 0. The molecule has 0 aliphatic heterocycles. The number of rotatable bonds is 2. The fourth-order valence-electron chi connectivity index (χ4n) is 3.16. The van der Waals surface area contributed by atoms with E-state index in [1.807, 2.05) is 0 Å². The average Bonchev–Trinajstić information content (AvgIpc) is 2.81. The highest BCUT2D eigenvalue weighted by atomic mass is 14.3. The molecular weight excluding hydrogens is 192 g/mol. The summed E-state index contributed by atoms with van der Waals surface area (Å²) >= 11 is 0. The Hall–Kier alpha value is -1.04. The van der Waals surface area contributed by atoms with Crippen LogP contribution in [0.5, 0.6) is 0 Å². The van der Waals surface area contributed by atoms with Crippen LogP contribution in [0.15, 0.2) is 18.2 Å². The molecule has 0 fully saturated rings. The molecule has 0 heteroatoms. The molecule has 0 saturated carbocycles. The summed E-state index contributed by atoms with van der Waals surface area (Å²) in [6.07, 6.45) is 9.99. The first-order valence-corrected chi connectivity index (χ1v) is 6.58. The lowest BCUT2D eigenvalue weighted by Crippen LogP contribution is -2.00. The SMILES string of the molecule is CC(C)CC1C=Cc2cc3c(cc21)CCC3. The molecule has 2 aliphatic rings. The van der Waals surface area contributed by atoms with Gasteiger partial charge in [0.15, 0.2) is 0 Å². The van der Waals surface area contributed by atoms with Gasteiger partial charge in [0.05, 0.1) is 0 Å². The first-order valence-electron chi connectivity index (χ1n) is 6.58. The first kappa shape index (κ1) is 10.1. The van der Waals surface area contributed by atoms with Crippen molar-refractivity contribution in [1.29, 1.82) is 0 Å². The molecule has 84 valence electrons. The van der Waals surface area contributed by atoms with Crippen LogP contribution in [0, 0.1) is 5.92 Å². The van der Waals surface area contributed by atoms with Crippen molar-refractivity contribution in [3.05, 3.63) is 40.5 Å². The number of allylic oxidation sites excluding steroid dienone is 1. The number of fused-ring (bicyclic) bond motifs is 2. The highest BCUT2D eigenvalue weighted by Crippen LogP contribution is 2.38. The van der Waals surface area contributed by atoms with Gasteiger partial charge in [0, 0.05) is 5.92 Å². The second kappa shape index (κ2) is 3.76. The molecule has 0 amide bonds. The zero-order chi connectivity index (χ0) is 11.1. The van der Waals surface area contributed by atoms with Crippen molar-refractivity contribution < 1.29 is 0 Å². The fourth-order valence-corrected chi connectivity index (χ4v) is 3.16. The minimum absolute atomic E-state index is 0.681. The summed E-state index contributed by atoms with van der Waals surface area (Å²) in [7, 11) is 0. The Morgan fingerprint density at radius 3 is 2.69 bits per heavy atom. The predicted octanol–water partition coefficient (Wildman–Crippen LogP) is 4.33. The van der Waals surface area contributed by atoms with Gasteiger partial charge in [-0.25, -0.2) is 0 Å². The van der Waals surface area contributed by atoms with Crippen LogP contribution >= 0.6 is 0 Å². The van der Waals surface area contributed by atoms with Gasteiger partial charge in [0.2, 0.25) is 0 Å². The van der Waals surface area contributed by atoms with E-state index in [9.17, 15) is 0 Å². The quantitative estimate of drug-likeness (QED) is 0.684. The van der Waals surface area contributed by atoms with Crippen LogP contribution in [-0.2, 0) is 12.8 Å². The van der Waals surface area contributed by atoms with E-state index < -0.39 is 0 Å². The van der Waals surface area contributed by atoms with Gasteiger partial charge in [-0.1, -0.05) is 38.1 Å². The zero-order valence-electron chi connectivity index (χ0n) is 10.3. The van der Waals surface area contributed by atoms with Crippen LogP contribution in [0.2, 0.25) is 0 Å². The lowest BCUT2D eigenvalue weighted by molar-refractivity contribution is 0.553. The zero-order valence-corrected chi connectivity index (χ0v) is 10.3. The Kier molecular flexibility index (Phi) is 2.38. The van der Waals surface area contributed by atoms with Crippen molar-refractivity contribution in [1.82, 2.24) is 0 Å². The molecule has 0 radical (unpaired) electrons. The molecule has 0 heterocycles. The van der Waals surface area contributed by atoms with Crippen LogP contribution in [0.25, 0.3) is 6.08 Å². The van der Waals surface area contributed by atoms with Crippen molar-refractivity contribution >= 4 is 6.08 Å². The second-order valence-electron chi connectivity index (χ2n) is 5.70. The van der Waals surface area contributed by atoms with E-state index in [1.165, 1.54) is 31.2 Å². The Labute approximate surface area is 98.4 Å². The molecule has 1 aromatic carbocycles. The normalized spacial score (nSPS) is 21.6. The van der Waals surface area contributed by atoms with E-state index in [4.69, 9.17) is 0 Å². The van der Waals surface area contributed by atoms with E-state index >= 15 is 0 Å². The Morgan fingerprint density at radius 1 is 1.19 bits per heavy atom. The molecule has 0 spiro atoms. The molecule has 16 heavy (non-hydrogen) atoms. The minimum Gasteiger partial charge on any atom is -0.0764 e. The molecule has 0 bridgehead atoms. The Morgan fingerprint density at radius 2 is 1.94 bits per heavy atom. The van der Waals surface area contributed by atoms with Crippen LogP contribution in [-0.4, -0.2) is 0 Å². The summed E-state index contributed by atoms with van der Waals surface area (Å²) in [6.45, 7) is 4.64. The van der Waals surface area contributed by atoms with Crippen LogP contribution in [0.4, 0.5) is 0 Å². The molecule has 0 nitrogen and oxygen atoms in total. The van der Waals surface area contributed by atoms with Crippen LogP contribution in [0.3, 0.4) is 0 Å². The number of aryl methyl sites for hydroxylation is 2. The molecule has 1 unspecified atom stereocenters. The third kappa shape index (κ3) is 1.61. The van der Waals surface area contributed by atoms with E-state index in [0.29, 0.717) is 5.92 Å². The lowest BCUT2D eigenvalue weighted by Gasteiger charge is -2.14. The third-order valence-corrected chi connectivity index (χ3v) is 3.93. The van der Waals surface area contributed by atoms with E-state index in [2.05, 4.69) is 38.1 Å². The van der Waals surface area contributed by atoms with Gasteiger partial charge in [0.25, 0.3) is 0 Å². The van der Waals surface area contributed by atoms with Crippen molar-refractivity contribution in [3.63, 3.8) is 0 Å². The van der Waals surface area contributed by atoms with Gasteiger partial charge in [-0.15, -0.1) is 0 Å². The van der Waals surface area contributed by atoms with Gasteiger partial charge in [-0.3, -0.25) is 0 Å². The van der Waals surface area contributed by atoms with E-state index in [-0.39, 0.29) is 0 Å². The molecule has 0 aromatic heterocycles. The Bertz CT molecular complexity index is 438. The maximum absolute atomic E-state index is 2.49. The highest BCUT2D eigenvalue weighted by molar-refractivity contribution is 5.64. The van der Waals surface area contributed by atoms with Crippen molar-refractivity contribution in [2.75, 3.05) is 0 Å². The molecular formula is C16H20. The molecule has 2 aliphatic carbocycles. The summed E-state index contributed by atoms with van der Waals surface area (Å²) in [6, 6.07) is 4.93. The van der Waals surface area contributed by atoms with Gasteiger partial charge in [0.1, 0.15) is 0 Å². The topological polar surface area (TPSA) is 0 Å². The Balaban J connectivity index is 1.96. The summed E-state index contributed by atoms with van der Waals surface area (Å²) in [5.74, 6) is 1.47. The molecule has 0 saturated heterocycles. The summed E-state index contributed by atoms with van der Waals surface area (Å²) in [4.78, 5) is 0. The summed E-state index contributed by atoms with van der Waals surface area (Å²) in [5.41, 5.74) is 6.31. The monoisotopic (exact) mass is 212 g/mol. The van der Waals surface area contributed by atoms with Gasteiger partial charge in [-0.05, 0) is 53.9 Å². The average molecular weight is 212 g/mol. The van der Waals surface area contributed by atoms with Gasteiger partial charge in [-0.2, -0.15) is 0 Å². The number of benzene rings is 1. The largest absolute Gasteiger partial charge is 0.0764 e. The maximum atomic E-state index is 2.49. The first-order chi connectivity index (χ1) is 7.74. The predicted molar refractivity (Wildman–Crippen MR) is 69.7 cm³/mol. The van der Waals surface area contributed by atoms with Crippen LogP contribution < -0.4 is 0 Å². The van der Waals surface area contributed by atoms with Crippen molar-refractivity contribution in [2.45, 2.75) is 45.4 Å². The van der Waals surface area contributed by atoms with Crippen LogP contribution in [0.1, 0.15) is 54.9 Å². The molecule has 1 aromatic rings. The summed E-state index contributed by atoms with van der Waals surface area (Å²) in [5, 5.41) is 0. The third-order valence-electron chi connectivity index (χ3n) is 3.93. The number of hydrogen-bond donors (Lipinski definition) is 0. The lowest BCUT2D eigenvalue weighted by atomic mass is 9.90. The minimum atomic E-state index is 0.681. The smallest absolute Gasteiger partial charge is 0.00297 e. The summed E-state index contributed by atoms with van der Waals surface area (Å²) < 4.78 is 0. The van der Waals surface area contributed by atoms with Crippen molar-refractivity contribution in [2.24, 2.45) is 5.92 Å². The molecule has 0 N–H and O–H groups in total. The highest BCUT2D eigenvalue weighted by Gasteiger charge is 2.21. The van der Waals surface area contributed by atoms with E-state index in [0.717, 1.165) is 5.92 Å². The van der Waals surface area contributed by atoms with Gasteiger partial charge >= 0.3 is 0 Å². The maximum Gasteiger partial charge on any atom is 0.00297 e. The molecule has 3 rings (SSSR count). The fraction of sp³-hybridized carbons (Fsp3) is 0.500. The van der Waals surface area contributed by atoms with E-state index in [1.54, 1.807) is 16.7 Å².